The lowest BCUT2D eigenvalue weighted by Gasteiger charge is -2.28. The normalized spacial score (nSPS) is 27.9. The van der Waals surface area contributed by atoms with Gasteiger partial charge in [0.1, 0.15) is 0 Å². The van der Waals surface area contributed by atoms with Gasteiger partial charge in [0.05, 0.1) is 12.2 Å². The number of rotatable bonds is 2. The van der Waals surface area contributed by atoms with Gasteiger partial charge in [-0.15, -0.1) is 11.3 Å². The van der Waals surface area contributed by atoms with E-state index in [1.165, 1.54) is 22.2 Å². The Morgan fingerprint density at radius 1 is 1.50 bits per heavy atom. The topological polar surface area (TPSA) is 9.23 Å². The number of hydrogen-bond acceptors (Lipinski definition) is 2. The summed E-state index contributed by atoms with van der Waals surface area (Å²) in [7, 11) is 0. The van der Waals surface area contributed by atoms with Gasteiger partial charge in [-0.2, -0.15) is 0 Å². The molecule has 1 saturated heterocycles. The van der Waals surface area contributed by atoms with Crippen molar-refractivity contribution in [3.8, 4) is 0 Å². The molecule has 0 bridgehead atoms. The molecular formula is C10H12Br2OS. The third kappa shape index (κ3) is 2.40. The summed E-state index contributed by atoms with van der Waals surface area (Å²) in [5, 5.41) is 3.06. The summed E-state index contributed by atoms with van der Waals surface area (Å²) in [5.74, 6) is 0. The lowest BCUT2D eigenvalue weighted by Crippen LogP contribution is -2.23. The van der Waals surface area contributed by atoms with Gasteiger partial charge in [-0.05, 0) is 46.6 Å². The molecular weight excluding hydrogens is 328 g/mol. The molecule has 2 atom stereocenters. The summed E-state index contributed by atoms with van der Waals surface area (Å²) < 4.78 is 7.19. The summed E-state index contributed by atoms with van der Waals surface area (Å²) in [6, 6.07) is 2.10. The van der Waals surface area contributed by atoms with E-state index in [1.54, 1.807) is 11.3 Å². The third-order valence-corrected chi connectivity index (χ3v) is 5.14. The molecule has 0 N–H and O–H groups in total. The molecule has 0 amide bonds. The maximum atomic E-state index is 5.99. The SMILES string of the molecule is BrCC1CCCC(c2sccc2Br)O1. The van der Waals surface area contributed by atoms with Gasteiger partial charge >= 0.3 is 0 Å². The van der Waals surface area contributed by atoms with E-state index in [4.69, 9.17) is 4.74 Å². The molecule has 1 nitrogen and oxygen atoms in total. The van der Waals surface area contributed by atoms with E-state index >= 15 is 0 Å². The van der Waals surface area contributed by atoms with E-state index in [0.29, 0.717) is 12.2 Å². The summed E-state index contributed by atoms with van der Waals surface area (Å²) >= 11 is 8.83. The van der Waals surface area contributed by atoms with Crippen LogP contribution < -0.4 is 0 Å². The van der Waals surface area contributed by atoms with Crippen molar-refractivity contribution in [1.29, 1.82) is 0 Å². The Balaban J connectivity index is 2.08. The summed E-state index contributed by atoms with van der Waals surface area (Å²) in [6.45, 7) is 0. The Morgan fingerprint density at radius 2 is 2.36 bits per heavy atom. The molecule has 0 radical (unpaired) electrons. The summed E-state index contributed by atoms with van der Waals surface area (Å²) in [5.41, 5.74) is 0. The molecule has 2 unspecified atom stereocenters. The molecule has 0 saturated carbocycles. The monoisotopic (exact) mass is 338 g/mol. The van der Waals surface area contributed by atoms with Crippen LogP contribution in [-0.2, 0) is 4.74 Å². The van der Waals surface area contributed by atoms with Crippen LogP contribution in [0.2, 0.25) is 0 Å². The van der Waals surface area contributed by atoms with Crippen LogP contribution in [-0.4, -0.2) is 11.4 Å². The highest BCUT2D eigenvalue weighted by molar-refractivity contribution is 9.10. The van der Waals surface area contributed by atoms with Gasteiger partial charge in [0.2, 0.25) is 0 Å². The van der Waals surface area contributed by atoms with E-state index in [2.05, 4.69) is 43.3 Å². The zero-order chi connectivity index (χ0) is 9.97. The zero-order valence-corrected chi connectivity index (χ0v) is 11.7. The van der Waals surface area contributed by atoms with Crippen molar-refractivity contribution in [2.45, 2.75) is 31.5 Å². The number of thiophene rings is 1. The largest absolute Gasteiger partial charge is 0.369 e. The second-order valence-electron chi connectivity index (χ2n) is 3.46. The van der Waals surface area contributed by atoms with E-state index in [9.17, 15) is 0 Å². The molecule has 1 aliphatic heterocycles. The van der Waals surface area contributed by atoms with Gasteiger partial charge < -0.3 is 4.74 Å². The van der Waals surface area contributed by atoms with Crippen molar-refractivity contribution >= 4 is 43.2 Å². The van der Waals surface area contributed by atoms with Crippen LogP contribution in [0, 0.1) is 0 Å². The second kappa shape index (κ2) is 5.10. The number of hydrogen-bond donors (Lipinski definition) is 0. The highest BCUT2D eigenvalue weighted by Gasteiger charge is 2.24. The Bertz CT molecular complexity index is 300. The average Bonchev–Trinajstić information content (AvgIpc) is 2.65. The first-order valence-corrected chi connectivity index (χ1v) is 7.55. The van der Waals surface area contributed by atoms with Gasteiger partial charge in [0.25, 0.3) is 0 Å². The van der Waals surface area contributed by atoms with Gasteiger partial charge in [0, 0.05) is 14.7 Å². The molecule has 0 aromatic carbocycles. The van der Waals surface area contributed by atoms with E-state index < -0.39 is 0 Å². The molecule has 1 aromatic rings. The van der Waals surface area contributed by atoms with E-state index in [0.717, 1.165) is 11.8 Å². The quantitative estimate of drug-likeness (QED) is 0.720. The molecule has 0 spiro atoms. The lowest BCUT2D eigenvalue weighted by atomic mass is 10.0. The average molecular weight is 340 g/mol. The second-order valence-corrected chi connectivity index (χ2v) is 5.91. The smallest absolute Gasteiger partial charge is 0.0932 e. The number of ether oxygens (including phenoxy) is 1. The van der Waals surface area contributed by atoms with Gasteiger partial charge in [-0.25, -0.2) is 0 Å². The molecule has 1 fully saturated rings. The summed E-state index contributed by atoms with van der Waals surface area (Å²) in [6.07, 6.45) is 4.31. The predicted molar refractivity (Wildman–Crippen MR) is 67.3 cm³/mol. The van der Waals surface area contributed by atoms with Crippen molar-refractivity contribution in [1.82, 2.24) is 0 Å². The number of halogens is 2. The fraction of sp³-hybridized carbons (Fsp3) is 0.600. The van der Waals surface area contributed by atoms with Crippen molar-refractivity contribution < 1.29 is 4.74 Å². The molecule has 2 heterocycles. The van der Waals surface area contributed by atoms with Crippen LogP contribution in [0.4, 0.5) is 0 Å². The molecule has 2 rings (SSSR count). The van der Waals surface area contributed by atoms with Gasteiger partial charge in [-0.3, -0.25) is 0 Å². The van der Waals surface area contributed by atoms with Crippen LogP contribution in [0.1, 0.15) is 30.2 Å². The van der Waals surface area contributed by atoms with Crippen LogP contribution >= 0.6 is 43.2 Å². The summed E-state index contributed by atoms with van der Waals surface area (Å²) in [4.78, 5) is 1.34. The highest BCUT2D eigenvalue weighted by Crippen LogP contribution is 2.38. The molecule has 1 aliphatic rings. The first kappa shape index (κ1) is 11.1. The van der Waals surface area contributed by atoms with Crippen LogP contribution in [0.25, 0.3) is 0 Å². The zero-order valence-electron chi connectivity index (χ0n) is 7.71. The van der Waals surface area contributed by atoms with Crippen LogP contribution in [0.3, 0.4) is 0 Å². The van der Waals surface area contributed by atoms with E-state index in [1.807, 2.05) is 0 Å². The molecule has 78 valence electrons. The Labute approximate surface area is 105 Å². The molecule has 0 aliphatic carbocycles. The molecule has 14 heavy (non-hydrogen) atoms. The molecule has 1 aromatic heterocycles. The number of alkyl halides is 1. The predicted octanol–water partition coefficient (Wildman–Crippen LogP) is 4.52. The molecule has 4 heteroatoms. The first-order chi connectivity index (χ1) is 6.81. The fourth-order valence-corrected chi connectivity index (χ4v) is 3.92. The van der Waals surface area contributed by atoms with Gasteiger partial charge in [-0.1, -0.05) is 15.9 Å². The van der Waals surface area contributed by atoms with Crippen LogP contribution in [0.15, 0.2) is 15.9 Å². The standard InChI is InChI=1S/C10H12Br2OS/c11-6-7-2-1-3-9(13-7)10-8(12)4-5-14-10/h4-5,7,9H,1-3,6H2. The fourth-order valence-electron chi connectivity index (χ4n) is 1.74. The minimum atomic E-state index is 0.306. The Morgan fingerprint density at radius 3 is 3.00 bits per heavy atom. The lowest BCUT2D eigenvalue weighted by molar-refractivity contribution is -0.0368. The minimum Gasteiger partial charge on any atom is -0.369 e. The van der Waals surface area contributed by atoms with Gasteiger partial charge in [0.15, 0.2) is 0 Å². The van der Waals surface area contributed by atoms with Crippen LogP contribution in [0.5, 0.6) is 0 Å². The van der Waals surface area contributed by atoms with Crippen molar-refractivity contribution in [2.24, 2.45) is 0 Å². The Hall–Kier alpha value is 0.620. The van der Waals surface area contributed by atoms with Crippen molar-refractivity contribution in [2.75, 3.05) is 5.33 Å². The maximum Gasteiger partial charge on any atom is 0.0932 e. The van der Waals surface area contributed by atoms with Crippen molar-refractivity contribution in [3.63, 3.8) is 0 Å². The van der Waals surface area contributed by atoms with E-state index in [-0.39, 0.29) is 0 Å². The minimum absolute atomic E-state index is 0.306. The Kier molecular flexibility index (Phi) is 4.05. The maximum absolute atomic E-state index is 5.99. The first-order valence-electron chi connectivity index (χ1n) is 4.75. The third-order valence-electron chi connectivity index (χ3n) is 2.46. The van der Waals surface area contributed by atoms with Crippen molar-refractivity contribution in [3.05, 3.63) is 20.8 Å². The highest BCUT2D eigenvalue weighted by atomic mass is 79.9.